The average molecular weight is 515 g/mol. The maximum atomic E-state index is 12.1. The van der Waals surface area contributed by atoms with E-state index in [1.165, 1.54) is 24.3 Å². The minimum Gasteiger partial charge on any atom is -0.462 e. The third-order valence-corrected chi connectivity index (χ3v) is 6.79. The molecule has 1 unspecified atom stereocenters. The molecule has 0 spiro atoms. The summed E-state index contributed by atoms with van der Waals surface area (Å²) in [6.45, 7) is 0.322. The zero-order chi connectivity index (χ0) is 19.9. The number of fused-ring (bicyclic) bond motifs is 1. The fraction of sp³-hybridized carbons (Fsp3) is 0.278. The van der Waals surface area contributed by atoms with Crippen molar-refractivity contribution in [2.24, 2.45) is 21.8 Å². The molecule has 2 aliphatic heterocycles. The van der Waals surface area contributed by atoms with Crippen LogP contribution in [0.2, 0.25) is 0 Å². The van der Waals surface area contributed by atoms with Crippen LogP contribution in [0.4, 0.5) is 5.69 Å². The molecule has 2 heterocycles. The lowest BCUT2D eigenvalue weighted by Gasteiger charge is -2.34. The lowest BCUT2D eigenvalue weighted by atomic mass is 9.73. The SMILES string of the molecule is O=C(OCC1CC(C2=C3C=NC=C[N+]3(Cl)C(I)=N2)C1)c1ccc([N+](=O)O)cc1. The number of hydrogen-bond acceptors (Lipinski definition) is 5. The van der Waals surface area contributed by atoms with Crippen molar-refractivity contribution in [1.29, 1.82) is 0 Å². The van der Waals surface area contributed by atoms with Crippen molar-refractivity contribution in [3.05, 3.63) is 58.5 Å². The van der Waals surface area contributed by atoms with Gasteiger partial charge in [0.15, 0.2) is 11.8 Å². The Morgan fingerprint density at radius 3 is 2.75 bits per heavy atom. The van der Waals surface area contributed by atoms with Gasteiger partial charge >= 0.3 is 11.7 Å². The van der Waals surface area contributed by atoms with Crippen molar-refractivity contribution < 1.29 is 23.7 Å². The zero-order valence-electron chi connectivity index (χ0n) is 14.5. The minimum absolute atomic E-state index is 0.0418. The van der Waals surface area contributed by atoms with E-state index in [1.54, 1.807) is 18.6 Å². The molecule has 0 aromatic heterocycles. The van der Waals surface area contributed by atoms with Crippen molar-refractivity contribution in [1.82, 2.24) is 0 Å². The standard InChI is InChI=1S/C18H16ClIN4O4/c19-24-6-5-21-9-15(24)16(22-18(24)20)13-7-11(8-13)10-28-17(25)12-1-3-14(4-2-12)23(26)27/h1-6,9,11,13H,7-8,10H2,(H,26,27)/q+2. The highest BCUT2D eigenvalue weighted by atomic mass is 127. The van der Waals surface area contributed by atoms with E-state index in [-0.39, 0.29) is 26.4 Å². The highest BCUT2D eigenvalue weighted by Gasteiger charge is 2.48. The first-order valence-corrected chi connectivity index (χ1v) is 10.0. The van der Waals surface area contributed by atoms with E-state index in [2.05, 4.69) is 32.6 Å². The highest BCUT2D eigenvalue weighted by molar-refractivity contribution is 14.1. The summed E-state index contributed by atoms with van der Waals surface area (Å²) in [5, 5.41) is 8.82. The van der Waals surface area contributed by atoms with Gasteiger partial charge < -0.3 is 4.74 Å². The third-order valence-electron chi connectivity index (χ3n) is 5.05. The minimum atomic E-state index is -0.457. The van der Waals surface area contributed by atoms with E-state index in [4.69, 9.17) is 21.7 Å². The van der Waals surface area contributed by atoms with Crippen LogP contribution in [0.5, 0.6) is 0 Å². The Bertz CT molecular complexity index is 966. The molecule has 0 bridgehead atoms. The molecular formula is C18H16ClIN4O4+2. The van der Waals surface area contributed by atoms with Crippen molar-refractivity contribution in [3.63, 3.8) is 0 Å². The monoisotopic (exact) mass is 514 g/mol. The Balaban J connectivity index is 1.32. The Hall–Kier alpha value is -2.11. The first-order chi connectivity index (χ1) is 13.4. The fourth-order valence-corrected chi connectivity index (χ4v) is 4.33. The summed E-state index contributed by atoms with van der Waals surface area (Å²) in [7, 11) is 0. The molecule has 4 rings (SSSR count). The number of benzene rings is 1. The second-order valence-electron chi connectivity index (χ2n) is 6.82. The number of carbonyl (C=O) groups is 1. The lowest BCUT2D eigenvalue weighted by Crippen LogP contribution is -2.35. The van der Waals surface area contributed by atoms with Gasteiger partial charge in [0.1, 0.15) is 11.9 Å². The fourth-order valence-electron chi connectivity index (χ4n) is 3.43. The van der Waals surface area contributed by atoms with Gasteiger partial charge in [-0.05, 0) is 30.9 Å². The predicted octanol–water partition coefficient (Wildman–Crippen LogP) is 4.21. The second kappa shape index (κ2) is 7.37. The van der Waals surface area contributed by atoms with Crippen LogP contribution in [-0.2, 0) is 4.74 Å². The van der Waals surface area contributed by atoms with Crippen molar-refractivity contribution >= 4 is 56.1 Å². The lowest BCUT2D eigenvalue weighted by molar-refractivity contribution is -0.729. The Morgan fingerprint density at radius 2 is 2.07 bits per heavy atom. The molecule has 1 saturated carbocycles. The maximum Gasteiger partial charge on any atom is 0.338 e. The van der Waals surface area contributed by atoms with E-state index in [0.717, 1.165) is 28.1 Å². The van der Waals surface area contributed by atoms with Crippen LogP contribution in [0.25, 0.3) is 0 Å². The van der Waals surface area contributed by atoms with Crippen molar-refractivity contribution in [3.8, 4) is 0 Å². The molecule has 0 amide bonds. The number of hydrogen-bond donors (Lipinski definition) is 1. The van der Waals surface area contributed by atoms with Crippen molar-refractivity contribution in [2.75, 3.05) is 6.61 Å². The van der Waals surface area contributed by atoms with Crippen LogP contribution in [0.1, 0.15) is 23.2 Å². The topological polar surface area (TPSA) is 91.3 Å². The first-order valence-electron chi connectivity index (χ1n) is 8.60. The number of aliphatic imine (C=N–C) groups is 2. The van der Waals surface area contributed by atoms with Crippen LogP contribution < -0.4 is 0 Å². The molecule has 10 heteroatoms. The average Bonchev–Trinajstić information content (AvgIpc) is 2.91. The first kappa shape index (κ1) is 19.2. The maximum absolute atomic E-state index is 12.1. The van der Waals surface area contributed by atoms with Crippen LogP contribution >= 0.6 is 34.4 Å². The summed E-state index contributed by atoms with van der Waals surface area (Å²) >= 11 is 8.78. The molecule has 8 nitrogen and oxygen atoms in total. The number of ether oxygens (including phenoxy) is 1. The number of quaternary nitrogens is 1. The van der Waals surface area contributed by atoms with Gasteiger partial charge in [0.25, 0.3) is 8.77 Å². The summed E-state index contributed by atoms with van der Waals surface area (Å²) in [6, 6.07) is 5.59. The zero-order valence-corrected chi connectivity index (χ0v) is 17.4. The molecule has 1 fully saturated rings. The summed E-state index contributed by atoms with van der Waals surface area (Å²) < 4.78 is 6.19. The summed E-state index contributed by atoms with van der Waals surface area (Å²) in [6.07, 6.45) is 6.94. The number of rotatable bonds is 5. The number of esters is 1. The number of nitrogens with zero attached hydrogens (tertiary/aromatic N) is 4. The van der Waals surface area contributed by atoms with Crippen LogP contribution in [0.3, 0.4) is 0 Å². The van der Waals surface area contributed by atoms with Gasteiger partial charge in [-0.1, -0.05) is 0 Å². The third kappa shape index (κ3) is 3.38. The molecule has 0 saturated heterocycles. The number of amidine groups is 1. The van der Waals surface area contributed by atoms with E-state index in [0.29, 0.717) is 12.2 Å². The van der Waals surface area contributed by atoms with Crippen molar-refractivity contribution in [2.45, 2.75) is 12.8 Å². The number of carbonyl (C=O) groups excluding carboxylic acids is 1. The second-order valence-corrected chi connectivity index (χ2v) is 8.31. The molecular weight excluding hydrogens is 499 g/mol. The van der Waals surface area contributed by atoms with E-state index in [1.807, 2.05) is 0 Å². The highest BCUT2D eigenvalue weighted by Crippen LogP contribution is 2.47. The molecule has 1 aromatic carbocycles. The molecule has 0 radical (unpaired) electrons. The van der Waals surface area contributed by atoms with Gasteiger partial charge in [-0.2, -0.15) is 4.99 Å². The largest absolute Gasteiger partial charge is 0.462 e. The smallest absolute Gasteiger partial charge is 0.338 e. The van der Waals surface area contributed by atoms with Gasteiger partial charge in [-0.15, -0.1) is 4.00 Å². The van der Waals surface area contributed by atoms with Gasteiger partial charge in [-0.25, -0.2) is 10.0 Å². The van der Waals surface area contributed by atoms with Crippen LogP contribution in [-0.4, -0.2) is 36.8 Å². The Morgan fingerprint density at radius 1 is 1.36 bits per heavy atom. The number of halogens is 2. The predicted molar refractivity (Wildman–Crippen MR) is 110 cm³/mol. The van der Waals surface area contributed by atoms with E-state index in [9.17, 15) is 9.70 Å². The molecule has 1 aromatic rings. The molecule has 144 valence electrons. The number of allylic oxidation sites excluding steroid dienone is 2. The van der Waals surface area contributed by atoms with Gasteiger partial charge in [0.05, 0.1) is 52.1 Å². The molecule has 28 heavy (non-hydrogen) atoms. The molecule has 1 atom stereocenters. The van der Waals surface area contributed by atoms with E-state index < -0.39 is 5.97 Å². The summed E-state index contributed by atoms with van der Waals surface area (Å²) in [4.78, 5) is 31.5. The van der Waals surface area contributed by atoms with Gasteiger partial charge in [0.2, 0.25) is 5.70 Å². The molecule has 1 aliphatic carbocycles. The van der Waals surface area contributed by atoms with Gasteiger partial charge in [-0.3, -0.25) is 4.99 Å². The quantitative estimate of drug-likeness (QED) is 0.209. The van der Waals surface area contributed by atoms with Gasteiger partial charge in [0, 0.05) is 18.1 Å². The van der Waals surface area contributed by atoms with Crippen LogP contribution in [0.15, 0.2) is 58.0 Å². The van der Waals surface area contributed by atoms with Crippen LogP contribution in [0, 0.1) is 16.7 Å². The summed E-state index contributed by atoms with van der Waals surface area (Å²) in [5.74, 6) is 0.0755. The Kier molecular flexibility index (Phi) is 5.06. The van der Waals surface area contributed by atoms with E-state index >= 15 is 0 Å². The summed E-state index contributed by atoms with van der Waals surface area (Å²) in [5.41, 5.74) is 2.22. The molecule has 3 aliphatic rings. The normalized spacial score (nSPS) is 27.9. The Labute approximate surface area is 179 Å². The molecule has 1 N–H and O–H groups in total.